The second kappa shape index (κ2) is 5.70. The van der Waals surface area contributed by atoms with Gasteiger partial charge in [-0.05, 0) is 50.2 Å². The molecule has 0 aromatic carbocycles. The smallest absolute Gasteiger partial charge is 0.137 e. The number of hydrogen-bond acceptors (Lipinski definition) is 3. The summed E-state index contributed by atoms with van der Waals surface area (Å²) >= 11 is 0. The third kappa shape index (κ3) is 2.83. The molecule has 1 aromatic rings. The average molecular weight is 248 g/mol. The number of aromatic nitrogens is 1. The molecule has 2 rings (SSSR count). The van der Waals surface area contributed by atoms with Crippen molar-refractivity contribution in [2.45, 2.75) is 51.5 Å². The zero-order valence-corrected chi connectivity index (χ0v) is 11.5. The van der Waals surface area contributed by atoms with Crippen molar-refractivity contribution in [1.29, 1.82) is 0 Å². The molecule has 100 valence electrons. The van der Waals surface area contributed by atoms with E-state index in [1.165, 1.54) is 19.3 Å². The molecule has 1 fully saturated rings. The van der Waals surface area contributed by atoms with Gasteiger partial charge in [0.1, 0.15) is 5.75 Å². The number of pyridine rings is 1. The Morgan fingerprint density at radius 2 is 2.06 bits per heavy atom. The maximum Gasteiger partial charge on any atom is 0.137 e. The van der Waals surface area contributed by atoms with Crippen molar-refractivity contribution in [2.75, 3.05) is 6.61 Å². The summed E-state index contributed by atoms with van der Waals surface area (Å²) in [6, 6.07) is 2.06. The van der Waals surface area contributed by atoms with Crippen molar-refractivity contribution in [3.05, 3.63) is 24.0 Å². The van der Waals surface area contributed by atoms with Crippen LogP contribution in [0, 0.1) is 5.92 Å². The van der Waals surface area contributed by atoms with Gasteiger partial charge in [0.2, 0.25) is 0 Å². The minimum Gasteiger partial charge on any atom is -0.492 e. The molecule has 0 radical (unpaired) electrons. The Kier molecular flexibility index (Phi) is 4.23. The maximum atomic E-state index is 6.57. The molecule has 0 aliphatic heterocycles. The first kappa shape index (κ1) is 13.3. The SMILES string of the molecule is CCOc1cncc(C2(N)CCC(CC)CC2)c1. The minimum atomic E-state index is -0.203. The number of nitrogens with zero attached hydrogens (tertiary/aromatic N) is 1. The molecule has 0 saturated heterocycles. The molecule has 1 heterocycles. The normalized spacial score (nSPS) is 28.1. The summed E-state index contributed by atoms with van der Waals surface area (Å²) in [6.45, 7) is 4.92. The Morgan fingerprint density at radius 1 is 1.33 bits per heavy atom. The van der Waals surface area contributed by atoms with Gasteiger partial charge in [-0.15, -0.1) is 0 Å². The maximum absolute atomic E-state index is 6.57. The van der Waals surface area contributed by atoms with Crippen LogP contribution in [0.15, 0.2) is 18.5 Å². The summed E-state index contributed by atoms with van der Waals surface area (Å²) < 4.78 is 5.51. The molecule has 0 bridgehead atoms. The van der Waals surface area contributed by atoms with Crippen LogP contribution in [0.4, 0.5) is 0 Å². The molecule has 1 saturated carbocycles. The Labute approximate surface area is 110 Å². The number of hydrogen-bond donors (Lipinski definition) is 1. The van der Waals surface area contributed by atoms with Gasteiger partial charge in [0.25, 0.3) is 0 Å². The highest BCUT2D eigenvalue weighted by Gasteiger charge is 2.33. The molecule has 0 amide bonds. The second-order valence-corrected chi connectivity index (χ2v) is 5.35. The van der Waals surface area contributed by atoms with Crippen molar-refractivity contribution < 1.29 is 4.74 Å². The molecule has 18 heavy (non-hydrogen) atoms. The van der Waals surface area contributed by atoms with E-state index in [-0.39, 0.29) is 5.54 Å². The first-order valence-corrected chi connectivity index (χ1v) is 7.05. The standard InChI is InChI=1S/C15H24N2O/c1-3-12-5-7-15(16,8-6-12)13-9-14(18-4-2)11-17-10-13/h9-12H,3-8,16H2,1-2H3. The number of ether oxygens (including phenoxy) is 1. The van der Waals surface area contributed by atoms with Gasteiger partial charge in [0, 0.05) is 11.7 Å². The first-order chi connectivity index (χ1) is 8.68. The number of rotatable bonds is 4. The fourth-order valence-corrected chi connectivity index (χ4v) is 2.83. The van der Waals surface area contributed by atoms with E-state index in [9.17, 15) is 0 Å². The van der Waals surface area contributed by atoms with Gasteiger partial charge in [-0.1, -0.05) is 13.3 Å². The molecular formula is C15H24N2O. The summed E-state index contributed by atoms with van der Waals surface area (Å²) in [4.78, 5) is 4.26. The summed E-state index contributed by atoms with van der Waals surface area (Å²) in [5.74, 6) is 1.68. The van der Waals surface area contributed by atoms with Crippen molar-refractivity contribution in [3.63, 3.8) is 0 Å². The summed E-state index contributed by atoms with van der Waals surface area (Å²) in [7, 11) is 0. The molecule has 0 spiro atoms. The molecule has 0 atom stereocenters. The van der Waals surface area contributed by atoms with Crippen LogP contribution in [0.2, 0.25) is 0 Å². The zero-order valence-electron chi connectivity index (χ0n) is 11.5. The summed E-state index contributed by atoms with van der Waals surface area (Å²) in [5.41, 5.74) is 7.49. The first-order valence-electron chi connectivity index (χ1n) is 7.05. The van der Waals surface area contributed by atoms with Crippen LogP contribution in [-0.4, -0.2) is 11.6 Å². The van der Waals surface area contributed by atoms with Gasteiger partial charge in [0.15, 0.2) is 0 Å². The summed E-state index contributed by atoms with van der Waals surface area (Å²) in [6.07, 6.45) is 9.50. The van der Waals surface area contributed by atoms with Gasteiger partial charge < -0.3 is 10.5 Å². The zero-order chi connectivity index (χ0) is 13.0. The van der Waals surface area contributed by atoms with Crippen LogP contribution in [0.1, 0.15) is 51.5 Å². The highest BCUT2D eigenvalue weighted by molar-refractivity contribution is 5.29. The Hall–Kier alpha value is -1.09. The van der Waals surface area contributed by atoms with Gasteiger partial charge in [0.05, 0.1) is 12.8 Å². The van der Waals surface area contributed by atoms with E-state index in [0.29, 0.717) is 6.61 Å². The van der Waals surface area contributed by atoms with E-state index < -0.39 is 0 Å². The van der Waals surface area contributed by atoms with E-state index in [0.717, 1.165) is 30.1 Å². The molecule has 0 unspecified atom stereocenters. The second-order valence-electron chi connectivity index (χ2n) is 5.35. The van der Waals surface area contributed by atoms with Gasteiger partial charge >= 0.3 is 0 Å². The molecule has 3 heteroatoms. The molecule has 3 nitrogen and oxygen atoms in total. The molecule has 1 aromatic heterocycles. The quantitative estimate of drug-likeness (QED) is 0.890. The van der Waals surface area contributed by atoms with Gasteiger partial charge in [-0.3, -0.25) is 4.98 Å². The highest BCUT2D eigenvalue weighted by Crippen LogP contribution is 2.39. The molecule has 2 N–H and O–H groups in total. The lowest BCUT2D eigenvalue weighted by atomic mass is 9.73. The fourth-order valence-electron chi connectivity index (χ4n) is 2.83. The Morgan fingerprint density at radius 3 is 2.67 bits per heavy atom. The van der Waals surface area contributed by atoms with E-state index in [1.807, 2.05) is 13.1 Å². The van der Waals surface area contributed by atoms with Gasteiger partial charge in [-0.25, -0.2) is 0 Å². The molecular weight excluding hydrogens is 224 g/mol. The van der Waals surface area contributed by atoms with Crippen LogP contribution in [0.3, 0.4) is 0 Å². The monoisotopic (exact) mass is 248 g/mol. The van der Waals surface area contributed by atoms with E-state index >= 15 is 0 Å². The average Bonchev–Trinajstić information content (AvgIpc) is 2.40. The third-order valence-corrected chi connectivity index (χ3v) is 4.17. The van der Waals surface area contributed by atoms with Gasteiger partial charge in [-0.2, -0.15) is 0 Å². The predicted octanol–water partition coefficient (Wildman–Crippen LogP) is 3.23. The van der Waals surface area contributed by atoms with Crippen molar-refractivity contribution in [3.8, 4) is 5.75 Å². The lowest BCUT2D eigenvalue weighted by molar-refractivity contribution is 0.230. The summed E-state index contributed by atoms with van der Waals surface area (Å²) in [5, 5.41) is 0. The van der Waals surface area contributed by atoms with Crippen LogP contribution in [-0.2, 0) is 5.54 Å². The third-order valence-electron chi connectivity index (χ3n) is 4.17. The molecule has 1 aliphatic rings. The Balaban J connectivity index is 2.12. The predicted molar refractivity (Wildman–Crippen MR) is 73.5 cm³/mol. The largest absolute Gasteiger partial charge is 0.492 e. The minimum absolute atomic E-state index is 0.203. The van der Waals surface area contributed by atoms with E-state index in [1.54, 1.807) is 6.20 Å². The fraction of sp³-hybridized carbons (Fsp3) is 0.667. The Bertz CT molecular complexity index is 384. The lowest BCUT2D eigenvalue weighted by Gasteiger charge is -2.37. The lowest BCUT2D eigenvalue weighted by Crippen LogP contribution is -2.40. The topological polar surface area (TPSA) is 48.1 Å². The van der Waals surface area contributed by atoms with Crippen molar-refractivity contribution >= 4 is 0 Å². The van der Waals surface area contributed by atoms with Crippen LogP contribution < -0.4 is 10.5 Å². The van der Waals surface area contributed by atoms with E-state index in [2.05, 4.69) is 18.0 Å². The van der Waals surface area contributed by atoms with Crippen LogP contribution >= 0.6 is 0 Å². The van der Waals surface area contributed by atoms with Crippen LogP contribution in [0.5, 0.6) is 5.75 Å². The van der Waals surface area contributed by atoms with E-state index in [4.69, 9.17) is 10.5 Å². The van der Waals surface area contributed by atoms with Crippen molar-refractivity contribution in [1.82, 2.24) is 4.98 Å². The van der Waals surface area contributed by atoms with Crippen LogP contribution in [0.25, 0.3) is 0 Å². The molecule has 1 aliphatic carbocycles. The number of nitrogens with two attached hydrogens (primary N) is 1. The highest BCUT2D eigenvalue weighted by atomic mass is 16.5. The van der Waals surface area contributed by atoms with Crippen molar-refractivity contribution in [2.24, 2.45) is 11.7 Å².